The summed E-state index contributed by atoms with van der Waals surface area (Å²) in [5, 5.41) is 5.61. The molecule has 2 atom stereocenters. The van der Waals surface area contributed by atoms with Gasteiger partial charge < -0.3 is 20.1 Å². The van der Waals surface area contributed by atoms with Gasteiger partial charge in [0.1, 0.15) is 0 Å². The highest BCUT2D eigenvalue weighted by Gasteiger charge is 2.21. The zero-order chi connectivity index (χ0) is 16.5. The molecule has 0 bridgehead atoms. The molecule has 0 aliphatic carbocycles. The summed E-state index contributed by atoms with van der Waals surface area (Å²) >= 11 is 0. The second-order valence-corrected chi connectivity index (χ2v) is 5.47. The van der Waals surface area contributed by atoms with Gasteiger partial charge in [0.05, 0.1) is 25.2 Å². The number of hydrogen-bond donors (Lipinski definition) is 2. The van der Waals surface area contributed by atoms with Gasteiger partial charge >= 0.3 is 6.09 Å². The summed E-state index contributed by atoms with van der Waals surface area (Å²) in [6.07, 6.45) is 1.76. The van der Waals surface area contributed by atoms with Crippen LogP contribution in [-0.2, 0) is 14.3 Å². The summed E-state index contributed by atoms with van der Waals surface area (Å²) in [6, 6.07) is 8.98. The molecule has 0 aromatic heterocycles. The molecule has 23 heavy (non-hydrogen) atoms. The van der Waals surface area contributed by atoms with Crippen molar-refractivity contribution < 1.29 is 19.1 Å². The topological polar surface area (TPSA) is 76.7 Å². The van der Waals surface area contributed by atoms with Gasteiger partial charge in [0.2, 0.25) is 5.91 Å². The van der Waals surface area contributed by atoms with Gasteiger partial charge in [-0.05, 0) is 25.3 Å². The third-order valence-corrected chi connectivity index (χ3v) is 3.71. The number of benzene rings is 1. The van der Waals surface area contributed by atoms with E-state index in [9.17, 15) is 9.59 Å². The molecule has 1 saturated heterocycles. The summed E-state index contributed by atoms with van der Waals surface area (Å²) in [7, 11) is 0. The Hall–Kier alpha value is -2.08. The van der Waals surface area contributed by atoms with Crippen LogP contribution in [0.2, 0.25) is 0 Å². The third kappa shape index (κ3) is 5.90. The Morgan fingerprint density at radius 3 is 2.78 bits per heavy atom. The zero-order valence-corrected chi connectivity index (χ0v) is 13.4. The van der Waals surface area contributed by atoms with Crippen LogP contribution in [0.15, 0.2) is 30.3 Å². The van der Waals surface area contributed by atoms with Crippen molar-refractivity contribution in [1.82, 2.24) is 10.6 Å². The smallest absolute Gasteiger partial charge is 0.407 e. The number of carbonyl (C=O) groups excluding carboxylic acids is 2. The van der Waals surface area contributed by atoms with Crippen LogP contribution < -0.4 is 10.6 Å². The second kappa shape index (κ2) is 9.15. The van der Waals surface area contributed by atoms with Gasteiger partial charge in [-0.1, -0.05) is 30.3 Å². The van der Waals surface area contributed by atoms with Crippen molar-refractivity contribution >= 4 is 12.0 Å². The van der Waals surface area contributed by atoms with Gasteiger partial charge in [0.15, 0.2) is 0 Å². The lowest BCUT2D eigenvalue weighted by atomic mass is 10.0. The molecule has 0 radical (unpaired) electrons. The second-order valence-electron chi connectivity index (χ2n) is 5.47. The van der Waals surface area contributed by atoms with E-state index in [2.05, 4.69) is 10.6 Å². The molecule has 2 amide bonds. The lowest BCUT2D eigenvalue weighted by Crippen LogP contribution is -2.36. The Labute approximate surface area is 136 Å². The lowest BCUT2D eigenvalue weighted by molar-refractivity contribution is -0.122. The summed E-state index contributed by atoms with van der Waals surface area (Å²) < 4.78 is 10.4. The summed E-state index contributed by atoms with van der Waals surface area (Å²) in [5.41, 5.74) is 0.868. The van der Waals surface area contributed by atoms with Crippen LogP contribution >= 0.6 is 0 Å². The number of nitrogens with one attached hydrogen (secondary N) is 2. The monoisotopic (exact) mass is 320 g/mol. The SMILES string of the molecule is CCOC(=O)N[C@H](CC(=O)NC[C@@H]1CCCO1)c1ccccc1. The molecule has 2 rings (SSSR count). The molecular formula is C17H24N2O4. The van der Waals surface area contributed by atoms with Crippen LogP contribution in [0.1, 0.15) is 37.8 Å². The van der Waals surface area contributed by atoms with Crippen LogP contribution in [0.3, 0.4) is 0 Å². The standard InChI is InChI=1S/C17H24N2O4/c1-2-22-17(21)19-15(13-7-4-3-5-8-13)11-16(20)18-12-14-9-6-10-23-14/h3-5,7-8,14-15H,2,6,9-12H2,1H3,(H,18,20)(H,19,21)/t14-,15+/m0/s1. The molecule has 1 aliphatic heterocycles. The first-order valence-corrected chi connectivity index (χ1v) is 8.05. The Balaban J connectivity index is 1.90. The Bertz CT molecular complexity index is 501. The lowest BCUT2D eigenvalue weighted by Gasteiger charge is -2.19. The molecule has 1 heterocycles. The number of carbonyl (C=O) groups is 2. The van der Waals surface area contributed by atoms with E-state index in [1.54, 1.807) is 6.92 Å². The predicted octanol–water partition coefficient (Wildman–Crippen LogP) is 2.16. The minimum atomic E-state index is -0.520. The van der Waals surface area contributed by atoms with E-state index in [0.29, 0.717) is 13.2 Å². The zero-order valence-electron chi connectivity index (χ0n) is 13.4. The van der Waals surface area contributed by atoms with Crippen LogP contribution in [0.5, 0.6) is 0 Å². The molecule has 2 N–H and O–H groups in total. The van der Waals surface area contributed by atoms with E-state index < -0.39 is 12.1 Å². The van der Waals surface area contributed by atoms with Crippen molar-refractivity contribution in [1.29, 1.82) is 0 Å². The van der Waals surface area contributed by atoms with E-state index in [4.69, 9.17) is 9.47 Å². The van der Waals surface area contributed by atoms with Gasteiger partial charge in [-0.3, -0.25) is 4.79 Å². The first kappa shape index (κ1) is 17.3. The number of rotatable bonds is 7. The predicted molar refractivity (Wildman–Crippen MR) is 85.9 cm³/mol. The molecule has 0 spiro atoms. The maximum absolute atomic E-state index is 12.2. The first-order chi connectivity index (χ1) is 11.2. The fourth-order valence-electron chi connectivity index (χ4n) is 2.54. The van der Waals surface area contributed by atoms with Gasteiger partial charge in [0.25, 0.3) is 0 Å². The highest BCUT2D eigenvalue weighted by Crippen LogP contribution is 2.17. The normalized spacial score (nSPS) is 18.2. The maximum atomic E-state index is 12.2. The van der Waals surface area contributed by atoms with Crippen molar-refractivity contribution in [3.63, 3.8) is 0 Å². The van der Waals surface area contributed by atoms with Crippen LogP contribution in [0.4, 0.5) is 4.79 Å². The van der Waals surface area contributed by atoms with Gasteiger partial charge in [0, 0.05) is 13.2 Å². The van der Waals surface area contributed by atoms with Crippen molar-refractivity contribution in [3.05, 3.63) is 35.9 Å². The molecule has 1 fully saturated rings. The molecule has 1 aromatic rings. The highest BCUT2D eigenvalue weighted by atomic mass is 16.5. The molecular weight excluding hydrogens is 296 g/mol. The summed E-state index contributed by atoms with van der Waals surface area (Å²) in [4.78, 5) is 23.9. The van der Waals surface area contributed by atoms with E-state index in [0.717, 1.165) is 25.0 Å². The van der Waals surface area contributed by atoms with Gasteiger partial charge in [-0.25, -0.2) is 4.79 Å². The largest absolute Gasteiger partial charge is 0.450 e. The Kier molecular flexibility index (Phi) is 6.87. The van der Waals surface area contributed by atoms with E-state index in [1.807, 2.05) is 30.3 Å². The average Bonchev–Trinajstić information content (AvgIpc) is 3.07. The van der Waals surface area contributed by atoms with Crippen molar-refractivity contribution in [2.75, 3.05) is 19.8 Å². The van der Waals surface area contributed by atoms with Crippen molar-refractivity contribution in [3.8, 4) is 0 Å². The van der Waals surface area contributed by atoms with Gasteiger partial charge in [-0.15, -0.1) is 0 Å². The van der Waals surface area contributed by atoms with Gasteiger partial charge in [-0.2, -0.15) is 0 Å². The van der Waals surface area contributed by atoms with E-state index in [1.165, 1.54) is 0 Å². The van der Waals surface area contributed by atoms with Crippen molar-refractivity contribution in [2.45, 2.75) is 38.3 Å². The van der Waals surface area contributed by atoms with Crippen LogP contribution in [-0.4, -0.2) is 37.9 Å². The number of alkyl carbamates (subject to hydrolysis) is 1. The fourth-order valence-corrected chi connectivity index (χ4v) is 2.54. The number of ether oxygens (including phenoxy) is 2. The molecule has 1 aliphatic rings. The average molecular weight is 320 g/mol. The molecule has 6 nitrogen and oxygen atoms in total. The van der Waals surface area contributed by atoms with E-state index in [-0.39, 0.29) is 18.4 Å². The van der Waals surface area contributed by atoms with E-state index >= 15 is 0 Å². The highest BCUT2D eigenvalue weighted by molar-refractivity contribution is 5.78. The summed E-state index contributed by atoms with van der Waals surface area (Å²) in [6.45, 7) is 3.31. The summed E-state index contributed by atoms with van der Waals surface area (Å²) in [5.74, 6) is -0.119. The molecule has 126 valence electrons. The fraction of sp³-hybridized carbons (Fsp3) is 0.529. The minimum Gasteiger partial charge on any atom is -0.450 e. The Morgan fingerprint density at radius 2 is 2.13 bits per heavy atom. The number of amides is 2. The third-order valence-electron chi connectivity index (χ3n) is 3.71. The minimum absolute atomic E-state index is 0.104. The van der Waals surface area contributed by atoms with Crippen LogP contribution in [0.25, 0.3) is 0 Å². The molecule has 6 heteroatoms. The maximum Gasteiger partial charge on any atom is 0.407 e. The molecule has 0 unspecified atom stereocenters. The van der Waals surface area contributed by atoms with Crippen molar-refractivity contribution in [2.24, 2.45) is 0 Å². The Morgan fingerprint density at radius 1 is 1.35 bits per heavy atom. The quantitative estimate of drug-likeness (QED) is 0.807. The first-order valence-electron chi connectivity index (χ1n) is 8.05. The molecule has 1 aromatic carbocycles. The number of hydrogen-bond acceptors (Lipinski definition) is 4. The van der Waals surface area contributed by atoms with Crippen LogP contribution in [0, 0.1) is 0 Å². The molecule has 0 saturated carbocycles.